The minimum atomic E-state index is -1.04. The Hall–Kier alpha value is -3.48. The number of fused-ring (bicyclic) bond motifs is 1. The van der Waals surface area contributed by atoms with Crippen molar-refractivity contribution in [2.45, 2.75) is 32.9 Å². The number of hydrogen-bond acceptors (Lipinski definition) is 4. The molecular formula is C21H20N2O5. The molecule has 2 aromatic rings. The molecule has 0 atom stereocenters. The molecule has 0 fully saturated rings. The summed E-state index contributed by atoms with van der Waals surface area (Å²) in [7, 11) is 0. The van der Waals surface area contributed by atoms with Crippen molar-refractivity contribution in [2.75, 3.05) is 0 Å². The Morgan fingerprint density at radius 1 is 0.964 bits per heavy atom. The number of amides is 3. The highest BCUT2D eigenvalue weighted by atomic mass is 16.4. The third-order valence-electron chi connectivity index (χ3n) is 4.45. The average Bonchev–Trinajstić information content (AvgIpc) is 2.90. The molecule has 0 spiro atoms. The molecule has 28 heavy (non-hydrogen) atoms. The molecule has 3 amide bonds. The summed E-state index contributed by atoms with van der Waals surface area (Å²) in [5.41, 5.74) is 0.858. The van der Waals surface area contributed by atoms with Crippen molar-refractivity contribution in [1.29, 1.82) is 0 Å². The maximum atomic E-state index is 12.6. The van der Waals surface area contributed by atoms with Crippen LogP contribution in [0.1, 0.15) is 67.8 Å². The Morgan fingerprint density at radius 3 is 2.29 bits per heavy atom. The second-order valence-corrected chi connectivity index (χ2v) is 7.57. The Morgan fingerprint density at radius 2 is 1.64 bits per heavy atom. The van der Waals surface area contributed by atoms with Crippen LogP contribution in [0.3, 0.4) is 0 Å². The van der Waals surface area contributed by atoms with E-state index in [0.717, 1.165) is 0 Å². The van der Waals surface area contributed by atoms with Gasteiger partial charge in [0.05, 0.1) is 16.7 Å². The number of carboxylic acids is 1. The van der Waals surface area contributed by atoms with Gasteiger partial charge in [-0.05, 0) is 56.7 Å². The number of aromatic carboxylic acids is 1. The van der Waals surface area contributed by atoms with E-state index >= 15 is 0 Å². The molecule has 0 aromatic heterocycles. The Labute approximate surface area is 162 Å². The van der Waals surface area contributed by atoms with Crippen LogP contribution in [-0.4, -0.2) is 39.2 Å². The van der Waals surface area contributed by atoms with Crippen molar-refractivity contribution in [3.63, 3.8) is 0 Å². The summed E-state index contributed by atoms with van der Waals surface area (Å²) < 4.78 is 0. The van der Waals surface area contributed by atoms with E-state index in [4.69, 9.17) is 5.11 Å². The topological polar surface area (TPSA) is 104 Å². The fraction of sp³-hybridized carbons (Fsp3) is 0.238. The monoisotopic (exact) mass is 380 g/mol. The Kier molecular flexibility index (Phi) is 4.77. The van der Waals surface area contributed by atoms with Gasteiger partial charge in [0.15, 0.2) is 0 Å². The van der Waals surface area contributed by atoms with Crippen molar-refractivity contribution in [3.8, 4) is 0 Å². The number of carbonyl (C=O) groups excluding carboxylic acids is 3. The zero-order valence-corrected chi connectivity index (χ0v) is 15.8. The van der Waals surface area contributed by atoms with Gasteiger partial charge in [-0.25, -0.2) is 4.79 Å². The predicted molar refractivity (Wildman–Crippen MR) is 101 cm³/mol. The number of imide groups is 1. The lowest BCUT2D eigenvalue weighted by Crippen LogP contribution is -2.45. The summed E-state index contributed by atoms with van der Waals surface area (Å²) in [4.78, 5) is 49.8. The minimum absolute atomic E-state index is 0.135. The van der Waals surface area contributed by atoms with Crippen molar-refractivity contribution in [2.24, 2.45) is 0 Å². The standard InChI is InChI=1S/C21H20N2O5/c1-21(2,3)23-18(25)15-8-7-13(10-16(15)19(23)26)17(24)22-11-12-5-4-6-14(9-12)20(27)28/h4-10H,11H2,1-3H3,(H,22,24)(H,27,28). The van der Waals surface area contributed by atoms with Crippen molar-refractivity contribution >= 4 is 23.7 Å². The molecule has 0 saturated carbocycles. The highest BCUT2D eigenvalue weighted by Gasteiger charge is 2.42. The summed E-state index contributed by atoms with van der Waals surface area (Å²) in [5, 5.41) is 11.7. The summed E-state index contributed by atoms with van der Waals surface area (Å²) >= 11 is 0. The van der Waals surface area contributed by atoms with E-state index in [1.807, 2.05) is 0 Å². The molecule has 1 aliphatic heterocycles. The Bertz CT molecular complexity index is 1000. The largest absolute Gasteiger partial charge is 0.478 e. The highest BCUT2D eigenvalue weighted by Crippen LogP contribution is 2.29. The SMILES string of the molecule is CC(C)(C)N1C(=O)c2ccc(C(=O)NCc3cccc(C(=O)O)c3)cc2C1=O. The lowest BCUT2D eigenvalue weighted by Gasteiger charge is -2.29. The van der Waals surface area contributed by atoms with Gasteiger partial charge in [0.25, 0.3) is 17.7 Å². The summed E-state index contributed by atoms with van der Waals surface area (Å²) in [6.07, 6.45) is 0. The van der Waals surface area contributed by atoms with Crippen molar-refractivity contribution in [3.05, 3.63) is 70.3 Å². The number of benzene rings is 2. The molecular weight excluding hydrogens is 360 g/mol. The van der Waals surface area contributed by atoms with E-state index in [1.165, 1.54) is 35.2 Å². The van der Waals surface area contributed by atoms with Crippen LogP contribution in [0.25, 0.3) is 0 Å². The maximum absolute atomic E-state index is 12.6. The van der Waals surface area contributed by atoms with Gasteiger partial charge in [-0.15, -0.1) is 0 Å². The second kappa shape index (κ2) is 6.92. The first-order chi connectivity index (χ1) is 13.1. The average molecular weight is 380 g/mol. The van der Waals surface area contributed by atoms with Gasteiger partial charge in [0, 0.05) is 17.6 Å². The summed E-state index contributed by atoms with van der Waals surface area (Å²) in [5.74, 6) is -2.25. The van der Waals surface area contributed by atoms with Gasteiger partial charge >= 0.3 is 5.97 Å². The van der Waals surface area contributed by atoms with E-state index in [2.05, 4.69) is 5.32 Å². The molecule has 3 rings (SSSR count). The van der Waals surface area contributed by atoms with Crippen molar-refractivity contribution < 1.29 is 24.3 Å². The molecule has 2 N–H and O–H groups in total. The first-order valence-electron chi connectivity index (χ1n) is 8.73. The molecule has 0 aliphatic carbocycles. The molecule has 1 heterocycles. The zero-order valence-electron chi connectivity index (χ0n) is 15.8. The van der Waals surface area contributed by atoms with Crippen LogP contribution in [0.2, 0.25) is 0 Å². The normalized spacial score (nSPS) is 13.5. The van der Waals surface area contributed by atoms with E-state index in [0.29, 0.717) is 5.56 Å². The fourth-order valence-electron chi connectivity index (χ4n) is 3.09. The molecule has 7 heteroatoms. The number of nitrogens with one attached hydrogen (secondary N) is 1. The quantitative estimate of drug-likeness (QED) is 0.794. The number of rotatable bonds is 4. The predicted octanol–water partition coefficient (Wildman–Crippen LogP) is 2.71. The van der Waals surface area contributed by atoms with Gasteiger partial charge in [0.1, 0.15) is 0 Å². The van der Waals surface area contributed by atoms with Gasteiger partial charge in [-0.3, -0.25) is 19.3 Å². The molecule has 0 bridgehead atoms. The third-order valence-corrected chi connectivity index (χ3v) is 4.45. The lowest BCUT2D eigenvalue weighted by molar-refractivity contribution is 0.0506. The van der Waals surface area contributed by atoms with Gasteiger partial charge < -0.3 is 10.4 Å². The van der Waals surface area contributed by atoms with Gasteiger partial charge in [0.2, 0.25) is 0 Å². The van der Waals surface area contributed by atoms with Gasteiger partial charge in [-0.2, -0.15) is 0 Å². The van der Waals surface area contributed by atoms with Crippen LogP contribution in [0, 0.1) is 0 Å². The third kappa shape index (κ3) is 3.51. The Balaban J connectivity index is 1.78. The van der Waals surface area contributed by atoms with E-state index in [1.54, 1.807) is 32.9 Å². The molecule has 0 radical (unpaired) electrons. The van der Waals surface area contributed by atoms with Crippen LogP contribution in [0.15, 0.2) is 42.5 Å². The number of carbonyl (C=O) groups is 4. The smallest absolute Gasteiger partial charge is 0.335 e. The number of nitrogens with zero attached hydrogens (tertiary/aromatic N) is 1. The van der Waals surface area contributed by atoms with Crippen LogP contribution in [-0.2, 0) is 6.54 Å². The van der Waals surface area contributed by atoms with Crippen LogP contribution in [0.5, 0.6) is 0 Å². The lowest BCUT2D eigenvalue weighted by atomic mass is 10.0. The molecule has 0 saturated heterocycles. The molecule has 7 nitrogen and oxygen atoms in total. The number of carboxylic acid groups (broad SMARTS) is 1. The van der Waals surface area contributed by atoms with E-state index in [-0.39, 0.29) is 34.7 Å². The van der Waals surface area contributed by atoms with Crippen LogP contribution >= 0.6 is 0 Å². The molecule has 1 aliphatic rings. The van der Waals surface area contributed by atoms with Gasteiger partial charge in [-0.1, -0.05) is 12.1 Å². The summed E-state index contributed by atoms with van der Waals surface area (Å²) in [6, 6.07) is 10.7. The van der Waals surface area contributed by atoms with E-state index < -0.39 is 23.3 Å². The molecule has 0 unspecified atom stereocenters. The molecule has 144 valence electrons. The first kappa shape index (κ1) is 19.3. The second-order valence-electron chi connectivity index (χ2n) is 7.57. The summed E-state index contributed by atoms with van der Waals surface area (Å²) in [6.45, 7) is 5.45. The number of hydrogen-bond donors (Lipinski definition) is 2. The van der Waals surface area contributed by atoms with Crippen LogP contribution < -0.4 is 5.32 Å². The van der Waals surface area contributed by atoms with Crippen LogP contribution in [0.4, 0.5) is 0 Å². The zero-order chi connectivity index (χ0) is 20.6. The van der Waals surface area contributed by atoms with Crippen molar-refractivity contribution in [1.82, 2.24) is 10.2 Å². The minimum Gasteiger partial charge on any atom is -0.478 e. The molecule has 2 aromatic carbocycles. The van der Waals surface area contributed by atoms with E-state index in [9.17, 15) is 19.2 Å². The maximum Gasteiger partial charge on any atom is 0.335 e. The fourth-order valence-corrected chi connectivity index (χ4v) is 3.09. The highest BCUT2D eigenvalue weighted by molar-refractivity contribution is 6.22. The first-order valence-corrected chi connectivity index (χ1v) is 8.73.